The summed E-state index contributed by atoms with van der Waals surface area (Å²) in [6.07, 6.45) is 4.06. The molecule has 4 aromatic rings. The van der Waals surface area contributed by atoms with E-state index in [1.54, 1.807) is 18.2 Å². The number of aromatic nitrogens is 6. The average Bonchev–Trinajstić information content (AvgIpc) is 3.40. The molecular formula is C23H26F3N7O2. The van der Waals surface area contributed by atoms with Crippen LogP contribution in [-0.4, -0.2) is 66.8 Å². The summed E-state index contributed by atoms with van der Waals surface area (Å²) in [5.41, 5.74) is 1.09. The SMILES string of the molecule is COc1nc(NC2CCC(C)(O)CC2)nn2cc(F)c(-c3ccc4nnn(C(CF)CF)c4c3)c12. The number of benzene rings is 1. The zero-order valence-corrected chi connectivity index (χ0v) is 19.4. The number of nitrogens with one attached hydrogen (secondary N) is 1. The number of ether oxygens (including phenoxy) is 1. The third kappa shape index (κ3) is 4.26. The highest BCUT2D eigenvalue weighted by atomic mass is 19.1. The molecule has 1 aliphatic carbocycles. The number of anilines is 1. The van der Waals surface area contributed by atoms with Gasteiger partial charge in [0.1, 0.15) is 30.4 Å². The fourth-order valence-electron chi connectivity index (χ4n) is 4.60. The van der Waals surface area contributed by atoms with Gasteiger partial charge in [0.15, 0.2) is 5.82 Å². The Morgan fingerprint density at radius 1 is 1.26 bits per heavy atom. The molecule has 0 atom stereocenters. The third-order valence-electron chi connectivity index (χ3n) is 6.60. The Labute approximate surface area is 198 Å². The van der Waals surface area contributed by atoms with Crippen molar-refractivity contribution >= 4 is 22.5 Å². The lowest BCUT2D eigenvalue weighted by molar-refractivity contribution is 0.0195. The lowest BCUT2D eigenvalue weighted by Crippen LogP contribution is -2.36. The van der Waals surface area contributed by atoms with Gasteiger partial charge in [0.25, 0.3) is 0 Å². The standard InChI is InChI=1S/C23H26F3N7O2/c1-23(34)7-5-14(6-8-23)27-22-28-21(35-2)20-19(16(26)12-32(20)30-22)13-3-4-17-18(9-13)33(31-29-17)15(10-24)11-25/h3-4,9,12,14-15,34H,5-8,10-11H2,1-2H3,(H,27,30). The largest absolute Gasteiger partial charge is 0.479 e. The van der Waals surface area contributed by atoms with Crippen LogP contribution in [0.15, 0.2) is 24.4 Å². The van der Waals surface area contributed by atoms with E-state index >= 15 is 4.39 Å². The number of methoxy groups -OCH3 is 1. The molecule has 0 unspecified atom stereocenters. The summed E-state index contributed by atoms with van der Waals surface area (Å²) in [6.45, 7) is -0.0635. The van der Waals surface area contributed by atoms with Gasteiger partial charge < -0.3 is 15.2 Å². The molecule has 9 nitrogen and oxygen atoms in total. The maximum Gasteiger partial charge on any atom is 0.244 e. The summed E-state index contributed by atoms with van der Waals surface area (Å²) in [5.74, 6) is -0.107. The first kappa shape index (κ1) is 23.3. The number of rotatable bonds is 7. The van der Waals surface area contributed by atoms with Crippen LogP contribution < -0.4 is 10.1 Å². The Bertz CT molecular complexity index is 1360. The molecule has 0 aliphatic heterocycles. The van der Waals surface area contributed by atoms with E-state index in [2.05, 4.69) is 25.7 Å². The molecule has 35 heavy (non-hydrogen) atoms. The predicted molar refractivity (Wildman–Crippen MR) is 124 cm³/mol. The second-order valence-corrected chi connectivity index (χ2v) is 9.21. The van der Waals surface area contributed by atoms with Crippen LogP contribution in [0.2, 0.25) is 0 Å². The monoisotopic (exact) mass is 489 g/mol. The predicted octanol–water partition coefficient (Wildman–Crippen LogP) is 3.87. The molecule has 2 N–H and O–H groups in total. The van der Waals surface area contributed by atoms with Crippen molar-refractivity contribution in [2.75, 3.05) is 25.8 Å². The van der Waals surface area contributed by atoms with E-state index in [4.69, 9.17) is 4.74 Å². The molecule has 0 saturated heterocycles. The number of fused-ring (bicyclic) bond motifs is 2. The van der Waals surface area contributed by atoms with Crippen molar-refractivity contribution in [2.45, 2.75) is 50.3 Å². The van der Waals surface area contributed by atoms with Crippen LogP contribution in [0.25, 0.3) is 27.7 Å². The molecule has 0 amide bonds. The van der Waals surface area contributed by atoms with Crippen molar-refractivity contribution < 1.29 is 23.0 Å². The van der Waals surface area contributed by atoms with E-state index in [-0.39, 0.29) is 23.4 Å². The molecule has 0 radical (unpaired) electrons. The van der Waals surface area contributed by atoms with E-state index in [9.17, 15) is 13.9 Å². The summed E-state index contributed by atoms with van der Waals surface area (Å²) in [5, 5.41) is 25.7. The third-order valence-corrected chi connectivity index (χ3v) is 6.60. The first-order chi connectivity index (χ1) is 16.8. The lowest BCUT2D eigenvalue weighted by Gasteiger charge is -2.33. The molecule has 0 spiro atoms. The number of hydrogen-bond acceptors (Lipinski definition) is 7. The van der Waals surface area contributed by atoms with Crippen molar-refractivity contribution in [3.05, 3.63) is 30.2 Å². The van der Waals surface area contributed by atoms with Gasteiger partial charge in [0, 0.05) is 6.04 Å². The van der Waals surface area contributed by atoms with Gasteiger partial charge >= 0.3 is 0 Å². The van der Waals surface area contributed by atoms with E-state index in [0.717, 1.165) is 12.8 Å². The van der Waals surface area contributed by atoms with Crippen LogP contribution in [0.4, 0.5) is 19.1 Å². The second-order valence-electron chi connectivity index (χ2n) is 9.21. The Kier molecular flexibility index (Phi) is 5.99. The fourth-order valence-corrected chi connectivity index (χ4v) is 4.60. The zero-order chi connectivity index (χ0) is 24.7. The highest BCUT2D eigenvalue weighted by Gasteiger charge is 2.29. The quantitative estimate of drug-likeness (QED) is 0.406. The second kappa shape index (κ2) is 8.99. The highest BCUT2D eigenvalue weighted by molar-refractivity contribution is 5.89. The molecule has 1 aliphatic rings. The number of halogens is 3. The molecular weight excluding hydrogens is 463 g/mol. The normalized spacial score (nSPS) is 20.7. The summed E-state index contributed by atoms with van der Waals surface area (Å²) < 4.78 is 49.9. The smallest absolute Gasteiger partial charge is 0.244 e. The minimum Gasteiger partial charge on any atom is -0.479 e. The van der Waals surface area contributed by atoms with Crippen molar-refractivity contribution in [1.29, 1.82) is 0 Å². The minimum absolute atomic E-state index is 0.0754. The first-order valence-electron chi connectivity index (χ1n) is 11.4. The lowest BCUT2D eigenvalue weighted by atomic mass is 9.84. The van der Waals surface area contributed by atoms with Gasteiger partial charge in [-0.15, -0.1) is 10.2 Å². The molecule has 1 saturated carbocycles. The summed E-state index contributed by atoms with van der Waals surface area (Å²) in [6, 6.07) is 3.82. The van der Waals surface area contributed by atoms with Gasteiger partial charge in [-0.2, -0.15) is 4.98 Å². The maximum atomic E-state index is 15.2. The van der Waals surface area contributed by atoms with Crippen LogP contribution in [0, 0.1) is 5.82 Å². The van der Waals surface area contributed by atoms with Crippen LogP contribution in [0.3, 0.4) is 0 Å². The zero-order valence-electron chi connectivity index (χ0n) is 19.4. The summed E-state index contributed by atoms with van der Waals surface area (Å²) in [4.78, 5) is 4.45. The van der Waals surface area contributed by atoms with Gasteiger partial charge in [0.05, 0.1) is 30.0 Å². The highest BCUT2D eigenvalue weighted by Crippen LogP contribution is 2.36. The van der Waals surface area contributed by atoms with Crippen molar-refractivity contribution in [3.8, 4) is 17.0 Å². The topological polar surface area (TPSA) is 102 Å². The van der Waals surface area contributed by atoms with E-state index in [1.165, 1.54) is 22.5 Å². The molecule has 1 fully saturated rings. The molecule has 1 aromatic carbocycles. The molecule has 0 bridgehead atoms. The number of aliphatic hydroxyl groups is 1. The Morgan fingerprint density at radius 2 is 2.00 bits per heavy atom. The molecule has 12 heteroatoms. The summed E-state index contributed by atoms with van der Waals surface area (Å²) in [7, 11) is 1.44. The van der Waals surface area contributed by atoms with Crippen LogP contribution in [0.1, 0.15) is 38.6 Å². The van der Waals surface area contributed by atoms with Gasteiger partial charge in [-0.05, 0) is 50.3 Å². The number of nitrogens with zero attached hydrogens (tertiary/aromatic N) is 6. The van der Waals surface area contributed by atoms with Crippen LogP contribution in [-0.2, 0) is 0 Å². The van der Waals surface area contributed by atoms with E-state index in [1.807, 2.05) is 6.92 Å². The van der Waals surface area contributed by atoms with Crippen LogP contribution >= 0.6 is 0 Å². The van der Waals surface area contributed by atoms with E-state index < -0.39 is 30.8 Å². The Balaban J connectivity index is 1.54. The number of alkyl halides is 2. The van der Waals surface area contributed by atoms with Crippen molar-refractivity contribution in [2.24, 2.45) is 0 Å². The maximum absolute atomic E-state index is 15.2. The minimum atomic E-state index is -1.11. The first-order valence-corrected chi connectivity index (χ1v) is 11.4. The van der Waals surface area contributed by atoms with Crippen molar-refractivity contribution in [1.82, 2.24) is 29.6 Å². The average molecular weight is 490 g/mol. The van der Waals surface area contributed by atoms with E-state index in [0.29, 0.717) is 35.0 Å². The van der Waals surface area contributed by atoms with Gasteiger partial charge in [-0.1, -0.05) is 11.3 Å². The van der Waals surface area contributed by atoms with Crippen molar-refractivity contribution in [3.63, 3.8) is 0 Å². The van der Waals surface area contributed by atoms with Crippen LogP contribution in [0.5, 0.6) is 5.88 Å². The fraction of sp³-hybridized carbons (Fsp3) is 0.478. The molecule has 5 rings (SSSR count). The molecule has 3 heterocycles. The van der Waals surface area contributed by atoms with Gasteiger partial charge in [0.2, 0.25) is 11.8 Å². The van der Waals surface area contributed by atoms with Gasteiger partial charge in [-0.25, -0.2) is 22.4 Å². The number of hydrogen-bond donors (Lipinski definition) is 2. The Morgan fingerprint density at radius 3 is 2.69 bits per heavy atom. The molecule has 186 valence electrons. The molecule has 3 aromatic heterocycles. The summed E-state index contributed by atoms with van der Waals surface area (Å²) >= 11 is 0. The van der Waals surface area contributed by atoms with Gasteiger partial charge in [-0.3, -0.25) is 0 Å². The Hall–Kier alpha value is -3.41.